The summed E-state index contributed by atoms with van der Waals surface area (Å²) in [4.78, 5) is 16.2. The van der Waals surface area contributed by atoms with E-state index >= 15 is 0 Å². The minimum absolute atomic E-state index is 0.112. The summed E-state index contributed by atoms with van der Waals surface area (Å²) in [5.74, 6) is -1.49. The van der Waals surface area contributed by atoms with Crippen molar-refractivity contribution in [3.05, 3.63) is 51.5 Å². The van der Waals surface area contributed by atoms with Crippen molar-refractivity contribution in [1.82, 2.24) is 4.98 Å². The number of nitrogens with one attached hydrogen (secondary N) is 1. The maximum absolute atomic E-state index is 13.9. The first-order valence-electron chi connectivity index (χ1n) is 5.89. The first kappa shape index (κ1) is 14.2. The van der Waals surface area contributed by atoms with Crippen LogP contribution in [0.4, 0.5) is 15.1 Å². The molecule has 3 aromatic rings. The van der Waals surface area contributed by atoms with E-state index in [4.69, 9.17) is 0 Å². The molecule has 1 aromatic carbocycles. The van der Waals surface area contributed by atoms with Crippen molar-refractivity contribution in [2.45, 2.75) is 0 Å². The Kier molecular flexibility index (Phi) is 3.77. The molecule has 2 aromatic heterocycles. The van der Waals surface area contributed by atoms with Gasteiger partial charge in [-0.05, 0) is 52.9 Å². The van der Waals surface area contributed by atoms with Gasteiger partial charge >= 0.3 is 5.97 Å². The number of pyridine rings is 1. The van der Waals surface area contributed by atoms with Crippen LogP contribution in [0.3, 0.4) is 0 Å². The molecule has 0 saturated carbocycles. The van der Waals surface area contributed by atoms with Crippen LogP contribution < -0.4 is 5.32 Å². The Labute approximate surface area is 136 Å². The molecule has 2 N–H and O–H groups in total. The molecule has 4 nitrogen and oxygen atoms in total. The van der Waals surface area contributed by atoms with Gasteiger partial charge in [-0.2, -0.15) is 0 Å². The topological polar surface area (TPSA) is 62.2 Å². The molecular formula is C14H8FIN2O2S. The first-order valence-corrected chi connectivity index (χ1v) is 7.78. The monoisotopic (exact) mass is 414 g/mol. The van der Waals surface area contributed by atoms with Gasteiger partial charge in [-0.15, -0.1) is 0 Å². The van der Waals surface area contributed by atoms with Gasteiger partial charge in [-0.25, -0.2) is 14.2 Å². The van der Waals surface area contributed by atoms with E-state index in [0.29, 0.717) is 15.2 Å². The Morgan fingerprint density at radius 2 is 2.19 bits per heavy atom. The van der Waals surface area contributed by atoms with Gasteiger partial charge in [0.25, 0.3) is 0 Å². The molecule has 0 spiro atoms. The molecule has 2 heterocycles. The molecule has 0 bridgehead atoms. The Morgan fingerprint density at radius 1 is 1.38 bits per heavy atom. The summed E-state index contributed by atoms with van der Waals surface area (Å²) >= 11 is 3.20. The zero-order chi connectivity index (χ0) is 15.0. The standard InChI is InChI=1S/C14H8FIN2O2S/c15-9-6-7(16)3-4-10(9)18-13-11(14(19)20)8-2-1-5-17-12(8)21-13/h1-6,18H,(H,19,20). The Morgan fingerprint density at radius 3 is 2.90 bits per heavy atom. The summed E-state index contributed by atoms with van der Waals surface area (Å²) in [5.41, 5.74) is 0.352. The van der Waals surface area contributed by atoms with Crippen LogP contribution in [0.1, 0.15) is 10.4 Å². The van der Waals surface area contributed by atoms with Crippen molar-refractivity contribution in [3.63, 3.8) is 0 Å². The summed E-state index contributed by atoms with van der Waals surface area (Å²) < 4.78 is 14.7. The third-order valence-electron chi connectivity index (χ3n) is 2.86. The van der Waals surface area contributed by atoms with Crippen LogP contribution in [-0.4, -0.2) is 16.1 Å². The number of halogens is 2. The van der Waals surface area contributed by atoms with E-state index < -0.39 is 11.8 Å². The van der Waals surface area contributed by atoms with Crippen LogP contribution in [0.25, 0.3) is 10.2 Å². The average molecular weight is 414 g/mol. The molecule has 0 fully saturated rings. The molecular weight excluding hydrogens is 406 g/mol. The largest absolute Gasteiger partial charge is 0.478 e. The second kappa shape index (κ2) is 5.57. The molecule has 21 heavy (non-hydrogen) atoms. The van der Waals surface area contributed by atoms with Crippen LogP contribution >= 0.6 is 33.9 Å². The lowest BCUT2D eigenvalue weighted by atomic mass is 10.2. The Hall–Kier alpha value is -1.74. The number of carbonyl (C=O) groups is 1. The number of aromatic carboxylic acids is 1. The fourth-order valence-electron chi connectivity index (χ4n) is 1.95. The highest BCUT2D eigenvalue weighted by atomic mass is 127. The third kappa shape index (κ3) is 2.70. The first-order chi connectivity index (χ1) is 10.1. The second-order valence-corrected chi connectivity index (χ2v) is 6.46. The number of carboxylic acid groups (broad SMARTS) is 1. The molecule has 0 aliphatic rings. The van der Waals surface area contributed by atoms with E-state index in [0.717, 1.165) is 3.57 Å². The molecule has 0 aliphatic heterocycles. The lowest BCUT2D eigenvalue weighted by Gasteiger charge is -2.06. The number of thiophene rings is 1. The summed E-state index contributed by atoms with van der Waals surface area (Å²) in [6.45, 7) is 0. The molecule has 106 valence electrons. The highest BCUT2D eigenvalue weighted by Gasteiger charge is 2.19. The third-order valence-corrected chi connectivity index (χ3v) is 4.56. The van der Waals surface area contributed by atoms with Gasteiger partial charge in [0.1, 0.15) is 21.2 Å². The lowest BCUT2D eigenvalue weighted by Crippen LogP contribution is -2.01. The van der Waals surface area contributed by atoms with Crippen LogP contribution in [0.5, 0.6) is 0 Å². The lowest BCUT2D eigenvalue weighted by molar-refractivity contribution is 0.0700. The Balaban J connectivity index is 2.12. The molecule has 0 amide bonds. The van der Waals surface area contributed by atoms with Gasteiger partial charge < -0.3 is 10.4 Å². The highest BCUT2D eigenvalue weighted by Crippen LogP contribution is 2.36. The van der Waals surface area contributed by atoms with E-state index in [1.54, 1.807) is 30.5 Å². The van der Waals surface area contributed by atoms with Gasteiger partial charge in [0.2, 0.25) is 0 Å². The smallest absolute Gasteiger partial charge is 0.339 e. The number of carboxylic acids is 1. The number of fused-ring (bicyclic) bond motifs is 1. The summed E-state index contributed by atoms with van der Waals surface area (Å²) in [7, 11) is 0. The fourth-order valence-corrected chi connectivity index (χ4v) is 3.45. The average Bonchev–Trinajstić information content (AvgIpc) is 2.80. The van der Waals surface area contributed by atoms with Crippen molar-refractivity contribution in [3.8, 4) is 0 Å². The molecule has 0 atom stereocenters. The van der Waals surface area contributed by atoms with Crippen LogP contribution in [0, 0.1) is 9.39 Å². The summed E-state index contributed by atoms with van der Waals surface area (Å²) in [6, 6.07) is 8.09. The molecule has 3 rings (SSSR count). The van der Waals surface area contributed by atoms with Crippen LogP contribution in [-0.2, 0) is 0 Å². The van der Waals surface area contributed by atoms with Crippen molar-refractivity contribution >= 4 is 60.8 Å². The number of aromatic nitrogens is 1. The molecule has 0 unspecified atom stereocenters. The number of hydrogen-bond acceptors (Lipinski definition) is 4. The van der Waals surface area contributed by atoms with E-state index in [-0.39, 0.29) is 11.3 Å². The van der Waals surface area contributed by atoms with Crippen LogP contribution in [0.2, 0.25) is 0 Å². The minimum Gasteiger partial charge on any atom is -0.478 e. The molecule has 0 saturated heterocycles. The molecule has 0 radical (unpaired) electrons. The quantitative estimate of drug-likeness (QED) is 0.621. The van der Waals surface area contributed by atoms with E-state index in [9.17, 15) is 14.3 Å². The number of anilines is 2. The van der Waals surface area contributed by atoms with Gasteiger partial charge in [-0.1, -0.05) is 11.3 Å². The zero-order valence-corrected chi connectivity index (χ0v) is 13.4. The maximum Gasteiger partial charge on any atom is 0.339 e. The van der Waals surface area contributed by atoms with Crippen LogP contribution in [0.15, 0.2) is 36.5 Å². The predicted octanol–water partition coefficient (Wildman–Crippen LogP) is 4.48. The normalized spacial score (nSPS) is 10.8. The Bertz CT molecular complexity index is 850. The van der Waals surface area contributed by atoms with E-state index in [1.807, 2.05) is 22.6 Å². The minimum atomic E-state index is -1.07. The number of nitrogens with zero attached hydrogens (tertiary/aromatic N) is 1. The van der Waals surface area contributed by atoms with Crippen molar-refractivity contribution in [1.29, 1.82) is 0 Å². The zero-order valence-electron chi connectivity index (χ0n) is 10.4. The van der Waals surface area contributed by atoms with Crippen molar-refractivity contribution in [2.75, 3.05) is 5.32 Å². The fraction of sp³-hybridized carbons (Fsp3) is 0. The van der Waals surface area contributed by atoms with Gasteiger partial charge in [-0.3, -0.25) is 0 Å². The second-order valence-electron chi connectivity index (χ2n) is 4.22. The number of rotatable bonds is 3. The number of benzene rings is 1. The predicted molar refractivity (Wildman–Crippen MR) is 89.0 cm³/mol. The van der Waals surface area contributed by atoms with E-state index in [1.165, 1.54) is 17.4 Å². The summed E-state index contributed by atoms with van der Waals surface area (Å²) in [5, 5.41) is 13.2. The van der Waals surface area contributed by atoms with E-state index in [2.05, 4.69) is 10.3 Å². The molecule has 0 aliphatic carbocycles. The van der Waals surface area contributed by atoms with Gasteiger partial charge in [0.15, 0.2) is 0 Å². The highest BCUT2D eigenvalue weighted by molar-refractivity contribution is 14.1. The van der Waals surface area contributed by atoms with Gasteiger partial charge in [0, 0.05) is 15.2 Å². The summed E-state index contributed by atoms with van der Waals surface area (Å²) in [6.07, 6.45) is 1.60. The maximum atomic E-state index is 13.9. The molecule has 7 heteroatoms. The SMILES string of the molecule is O=C(O)c1c(Nc2ccc(I)cc2F)sc2ncccc12. The number of hydrogen-bond donors (Lipinski definition) is 2. The van der Waals surface area contributed by atoms with Crippen molar-refractivity contribution < 1.29 is 14.3 Å². The van der Waals surface area contributed by atoms with Gasteiger partial charge in [0.05, 0.1) is 5.69 Å². The van der Waals surface area contributed by atoms with Crippen molar-refractivity contribution in [2.24, 2.45) is 0 Å².